The Morgan fingerprint density at radius 2 is 2.40 bits per heavy atom. The molecule has 0 aliphatic rings. The standard InChI is InChI=1S/C8H11N3O3S/c1-5(7(12)13)11-8(14)10-3-6-2-9-4-15-6/h2,4-5H,3H2,1H3,(H,12,13)(H2,10,11,14). The van der Waals surface area contributed by atoms with Crippen LogP contribution in [0.25, 0.3) is 0 Å². The number of carboxylic acid groups (broad SMARTS) is 1. The minimum Gasteiger partial charge on any atom is -0.480 e. The van der Waals surface area contributed by atoms with E-state index in [1.54, 1.807) is 11.7 Å². The average molecular weight is 229 g/mol. The maximum absolute atomic E-state index is 11.2. The van der Waals surface area contributed by atoms with Gasteiger partial charge in [-0.15, -0.1) is 11.3 Å². The molecule has 15 heavy (non-hydrogen) atoms. The van der Waals surface area contributed by atoms with Gasteiger partial charge in [0.1, 0.15) is 6.04 Å². The number of hydrogen-bond acceptors (Lipinski definition) is 4. The summed E-state index contributed by atoms with van der Waals surface area (Å²) in [6.07, 6.45) is 1.64. The van der Waals surface area contributed by atoms with Crippen LogP contribution in [0.2, 0.25) is 0 Å². The second-order valence-corrected chi connectivity index (χ2v) is 3.83. The minimum absolute atomic E-state index is 0.350. The first-order valence-corrected chi connectivity index (χ1v) is 5.12. The lowest BCUT2D eigenvalue weighted by Gasteiger charge is -2.09. The molecule has 0 bridgehead atoms. The molecule has 7 heteroatoms. The predicted octanol–water partition coefficient (Wildman–Crippen LogP) is 0.415. The van der Waals surface area contributed by atoms with E-state index < -0.39 is 18.0 Å². The molecular formula is C8H11N3O3S. The summed E-state index contributed by atoms with van der Waals surface area (Å²) in [6, 6.07) is -1.40. The molecule has 0 saturated carbocycles. The summed E-state index contributed by atoms with van der Waals surface area (Å²) in [5.74, 6) is -1.07. The molecule has 0 saturated heterocycles. The first-order chi connectivity index (χ1) is 7.09. The van der Waals surface area contributed by atoms with E-state index in [0.29, 0.717) is 6.54 Å². The highest BCUT2D eigenvalue weighted by Crippen LogP contribution is 2.03. The summed E-state index contributed by atoms with van der Waals surface area (Å²) in [7, 11) is 0. The highest BCUT2D eigenvalue weighted by atomic mass is 32.1. The molecule has 1 atom stereocenters. The van der Waals surface area contributed by atoms with Crippen molar-refractivity contribution in [2.45, 2.75) is 19.5 Å². The Balaban J connectivity index is 2.28. The first kappa shape index (κ1) is 11.4. The van der Waals surface area contributed by atoms with E-state index in [-0.39, 0.29) is 0 Å². The predicted molar refractivity (Wildman–Crippen MR) is 54.6 cm³/mol. The molecule has 1 unspecified atom stereocenters. The summed E-state index contributed by atoms with van der Waals surface area (Å²) in [4.78, 5) is 26.3. The van der Waals surface area contributed by atoms with E-state index in [4.69, 9.17) is 5.11 Å². The quantitative estimate of drug-likeness (QED) is 0.697. The fraction of sp³-hybridized carbons (Fsp3) is 0.375. The number of rotatable bonds is 4. The van der Waals surface area contributed by atoms with Crippen LogP contribution in [0.1, 0.15) is 11.8 Å². The number of nitrogens with zero attached hydrogens (tertiary/aromatic N) is 1. The number of nitrogens with one attached hydrogen (secondary N) is 2. The molecule has 0 fully saturated rings. The molecule has 1 heterocycles. The van der Waals surface area contributed by atoms with Gasteiger partial charge in [0.15, 0.2) is 0 Å². The number of amides is 2. The van der Waals surface area contributed by atoms with Crippen molar-refractivity contribution < 1.29 is 14.7 Å². The second-order valence-electron chi connectivity index (χ2n) is 2.85. The van der Waals surface area contributed by atoms with E-state index in [0.717, 1.165) is 4.88 Å². The van der Waals surface area contributed by atoms with Crippen molar-refractivity contribution in [3.8, 4) is 0 Å². The SMILES string of the molecule is CC(NC(=O)NCc1cncs1)C(=O)O. The average Bonchev–Trinajstić information content (AvgIpc) is 2.66. The molecule has 82 valence electrons. The molecule has 0 spiro atoms. The first-order valence-electron chi connectivity index (χ1n) is 4.24. The van der Waals surface area contributed by atoms with Crippen LogP contribution in [0.3, 0.4) is 0 Å². The third kappa shape index (κ3) is 3.94. The highest BCUT2D eigenvalue weighted by Gasteiger charge is 2.13. The topological polar surface area (TPSA) is 91.3 Å². The molecule has 3 N–H and O–H groups in total. The number of carboxylic acids is 1. The number of thiazole rings is 1. The van der Waals surface area contributed by atoms with Crippen LogP contribution >= 0.6 is 11.3 Å². The van der Waals surface area contributed by atoms with Crippen LogP contribution in [0.15, 0.2) is 11.7 Å². The lowest BCUT2D eigenvalue weighted by molar-refractivity contribution is -0.138. The Morgan fingerprint density at radius 3 is 2.93 bits per heavy atom. The Morgan fingerprint density at radius 1 is 1.67 bits per heavy atom. The second kappa shape index (κ2) is 5.30. The number of aromatic nitrogens is 1. The van der Waals surface area contributed by atoms with Gasteiger partial charge in [0.25, 0.3) is 0 Å². The molecule has 0 aromatic carbocycles. The zero-order valence-electron chi connectivity index (χ0n) is 8.06. The molecule has 1 aromatic heterocycles. The van der Waals surface area contributed by atoms with Crippen molar-refractivity contribution in [3.05, 3.63) is 16.6 Å². The third-order valence-electron chi connectivity index (χ3n) is 1.62. The van der Waals surface area contributed by atoms with Crippen molar-refractivity contribution in [1.29, 1.82) is 0 Å². The summed E-state index contributed by atoms with van der Waals surface area (Å²) in [5.41, 5.74) is 1.66. The van der Waals surface area contributed by atoms with E-state index in [2.05, 4.69) is 15.6 Å². The Kier molecular flexibility index (Phi) is 4.04. The van der Waals surface area contributed by atoms with Gasteiger partial charge < -0.3 is 15.7 Å². The summed E-state index contributed by atoms with van der Waals surface area (Å²) >= 11 is 1.42. The number of carbonyl (C=O) groups excluding carboxylic acids is 1. The Hall–Kier alpha value is -1.63. The van der Waals surface area contributed by atoms with E-state index in [9.17, 15) is 9.59 Å². The fourth-order valence-electron chi connectivity index (χ4n) is 0.806. The molecular weight excluding hydrogens is 218 g/mol. The lowest BCUT2D eigenvalue weighted by Crippen LogP contribution is -2.43. The normalized spacial score (nSPS) is 11.8. The van der Waals surface area contributed by atoms with Crippen molar-refractivity contribution >= 4 is 23.3 Å². The van der Waals surface area contributed by atoms with Gasteiger partial charge >= 0.3 is 12.0 Å². The summed E-state index contributed by atoms with van der Waals surface area (Å²) < 4.78 is 0. The third-order valence-corrected chi connectivity index (χ3v) is 2.40. The van der Waals surface area contributed by atoms with Crippen molar-refractivity contribution in [1.82, 2.24) is 15.6 Å². The molecule has 0 aliphatic heterocycles. The highest BCUT2D eigenvalue weighted by molar-refractivity contribution is 7.09. The van der Waals surface area contributed by atoms with E-state index >= 15 is 0 Å². The van der Waals surface area contributed by atoms with Crippen molar-refractivity contribution in [2.75, 3.05) is 0 Å². The van der Waals surface area contributed by atoms with Crippen LogP contribution in [0.4, 0.5) is 4.79 Å². The number of urea groups is 1. The van der Waals surface area contributed by atoms with Crippen LogP contribution in [-0.2, 0) is 11.3 Å². The Bertz CT molecular complexity index is 339. The number of carbonyl (C=O) groups is 2. The molecule has 1 aromatic rings. The molecule has 0 radical (unpaired) electrons. The maximum atomic E-state index is 11.2. The van der Waals surface area contributed by atoms with Gasteiger partial charge in [0.2, 0.25) is 0 Å². The summed E-state index contributed by atoms with van der Waals surface area (Å²) in [5, 5.41) is 13.3. The van der Waals surface area contributed by atoms with Gasteiger partial charge in [-0.1, -0.05) is 0 Å². The molecule has 2 amide bonds. The molecule has 6 nitrogen and oxygen atoms in total. The smallest absolute Gasteiger partial charge is 0.325 e. The van der Waals surface area contributed by atoms with Gasteiger partial charge in [-0.3, -0.25) is 9.78 Å². The Labute approximate surface area is 90.3 Å². The van der Waals surface area contributed by atoms with Gasteiger partial charge in [0, 0.05) is 11.1 Å². The largest absolute Gasteiger partial charge is 0.480 e. The molecule has 1 rings (SSSR count). The van der Waals surface area contributed by atoms with E-state index in [1.807, 2.05) is 0 Å². The van der Waals surface area contributed by atoms with Gasteiger partial charge in [-0.05, 0) is 6.92 Å². The minimum atomic E-state index is -1.07. The molecule has 0 aliphatic carbocycles. The summed E-state index contributed by atoms with van der Waals surface area (Å²) in [6.45, 7) is 1.75. The van der Waals surface area contributed by atoms with Crippen LogP contribution in [-0.4, -0.2) is 28.1 Å². The van der Waals surface area contributed by atoms with Crippen molar-refractivity contribution in [3.63, 3.8) is 0 Å². The van der Waals surface area contributed by atoms with Crippen LogP contribution in [0, 0.1) is 0 Å². The van der Waals surface area contributed by atoms with Crippen LogP contribution < -0.4 is 10.6 Å². The number of hydrogen-bond donors (Lipinski definition) is 3. The zero-order chi connectivity index (χ0) is 11.3. The maximum Gasteiger partial charge on any atom is 0.325 e. The number of aliphatic carboxylic acids is 1. The van der Waals surface area contributed by atoms with Gasteiger partial charge in [0.05, 0.1) is 12.1 Å². The van der Waals surface area contributed by atoms with Gasteiger partial charge in [-0.25, -0.2) is 4.79 Å². The monoisotopic (exact) mass is 229 g/mol. The van der Waals surface area contributed by atoms with Crippen LogP contribution in [0.5, 0.6) is 0 Å². The van der Waals surface area contributed by atoms with Crippen molar-refractivity contribution in [2.24, 2.45) is 0 Å². The zero-order valence-corrected chi connectivity index (χ0v) is 8.87. The lowest BCUT2D eigenvalue weighted by atomic mass is 10.3. The van der Waals surface area contributed by atoms with Gasteiger partial charge in [-0.2, -0.15) is 0 Å². The fourth-order valence-corrected chi connectivity index (χ4v) is 1.34. The van der Waals surface area contributed by atoms with E-state index in [1.165, 1.54) is 18.3 Å².